The lowest BCUT2D eigenvalue weighted by Gasteiger charge is -2.14. The first kappa shape index (κ1) is 15.8. The fourth-order valence-electron chi connectivity index (χ4n) is 2.66. The highest BCUT2D eigenvalue weighted by atomic mass is 16.1. The SMILES string of the molecule is C=C[C@@H](Cc1ccc(-c2ccc[nH]2)cc1)c1cc(=O)n(C)c(N)n1. The number of nitrogens with one attached hydrogen (secondary N) is 1. The largest absolute Gasteiger partial charge is 0.369 e. The molecule has 0 aliphatic heterocycles. The van der Waals surface area contributed by atoms with Crippen LogP contribution in [-0.4, -0.2) is 14.5 Å². The zero-order chi connectivity index (χ0) is 17.1. The molecule has 122 valence electrons. The second kappa shape index (κ2) is 6.58. The van der Waals surface area contributed by atoms with Gasteiger partial charge in [0.1, 0.15) is 0 Å². The average Bonchev–Trinajstić information content (AvgIpc) is 3.12. The van der Waals surface area contributed by atoms with Crippen molar-refractivity contribution in [1.29, 1.82) is 0 Å². The minimum Gasteiger partial charge on any atom is -0.369 e. The van der Waals surface area contributed by atoms with Crippen molar-refractivity contribution >= 4 is 5.95 Å². The van der Waals surface area contributed by atoms with E-state index in [-0.39, 0.29) is 17.4 Å². The highest BCUT2D eigenvalue weighted by Crippen LogP contribution is 2.23. The Kier molecular flexibility index (Phi) is 4.33. The van der Waals surface area contributed by atoms with Crippen molar-refractivity contribution < 1.29 is 0 Å². The maximum Gasteiger partial charge on any atom is 0.254 e. The molecule has 24 heavy (non-hydrogen) atoms. The molecular weight excluding hydrogens is 300 g/mol. The maximum absolute atomic E-state index is 11.9. The van der Waals surface area contributed by atoms with Crippen LogP contribution in [0, 0.1) is 0 Å². The van der Waals surface area contributed by atoms with Gasteiger partial charge in [0.25, 0.3) is 5.56 Å². The van der Waals surface area contributed by atoms with Crippen molar-refractivity contribution in [2.75, 3.05) is 5.73 Å². The van der Waals surface area contributed by atoms with Gasteiger partial charge in [-0.2, -0.15) is 0 Å². The van der Waals surface area contributed by atoms with Crippen LogP contribution in [0.2, 0.25) is 0 Å². The molecule has 0 saturated carbocycles. The summed E-state index contributed by atoms with van der Waals surface area (Å²) in [4.78, 5) is 19.4. The summed E-state index contributed by atoms with van der Waals surface area (Å²) in [6.07, 6.45) is 4.43. The van der Waals surface area contributed by atoms with E-state index in [4.69, 9.17) is 5.73 Å². The van der Waals surface area contributed by atoms with Crippen molar-refractivity contribution in [3.8, 4) is 11.3 Å². The molecule has 1 atom stereocenters. The predicted octanol–water partition coefficient (Wildman–Crippen LogP) is 2.87. The van der Waals surface area contributed by atoms with Crippen molar-refractivity contribution in [1.82, 2.24) is 14.5 Å². The first-order chi connectivity index (χ1) is 11.6. The Bertz CT molecular complexity index is 892. The van der Waals surface area contributed by atoms with Crippen LogP contribution in [0.25, 0.3) is 11.3 Å². The van der Waals surface area contributed by atoms with Crippen LogP contribution in [0.4, 0.5) is 5.95 Å². The highest BCUT2D eigenvalue weighted by Gasteiger charge is 2.13. The summed E-state index contributed by atoms with van der Waals surface area (Å²) in [7, 11) is 1.61. The van der Waals surface area contributed by atoms with Gasteiger partial charge in [-0.3, -0.25) is 9.36 Å². The molecule has 0 aliphatic carbocycles. The van der Waals surface area contributed by atoms with Gasteiger partial charge in [0.15, 0.2) is 0 Å². The number of rotatable bonds is 5. The molecule has 0 unspecified atom stereocenters. The molecule has 3 rings (SSSR count). The number of allylic oxidation sites excluding steroid dienone is 1. The topological polar surface area (TPSA) is 76.7 Å². The number of hydrogen-bond acceptors (Lipinski definition) is 3. The lowest BCUT2D eigenvalue weighted by Crippen LogP contribution is -2.22. The summed E-state index contributed by atoms with van der Waals surface area (Å²) < 4.78 is 1.33. The van der Waals surface area contributed by atoms with Crippen molar-refractivity contribution in [2.45, 2.75) is 12.3 Å². The minimum absolute atomic E-state index is 0.0578. The molecule has 0 amide bonds. The van der Waals surface area contributed by atoms with E-state index in [0.717, 1.165) is 16.8 Å². The Labute approximate surface area is 140 Å². The Balaban J connectivity index is 1.83. The van der Waals surface area contributed by atoms with Crippen LogP contribution in [-0.2, 0) is 13.5 Å². The van der Waals surface area contributed by atoms with Crippen molar-refractivity contribution in [2.24, 2.45) is 7.05 Å². The number of nitrogen functional groups attached to an aromatic ring is 1. The molecule has 5 heteroatoms. The lowest BCUT2D eigenvalue weighted by molar-refractivity contribution is 0.760. The summed E-state index contributed by atoms with van der Waals surface area (Å²) >= 11 is 0. The molecule has 0 aliphatic rings. The van der Waals surface area contributed by atoms with Gasteiger partial charge in [-0.15, -0.1) is 6.58 Å². The van der Waals surface area contributed by atoms with Gasteiger partial charge in [-0.1, -0.05) is 30.3 Å². The van der Waals surface area contributed by atoms with Crippen LogP contribution >= 0.6 is 0 Å². The second-order valence-corrected chi connectivity index (χ2v) is 5.76. The van der Waals surface area contributed by atoms with Crippen LogP contribution in [0.5, 0.6) is 0 Å². The summed E-state index contributed by atoms with van der Waals surface area (Å²) in [6.45, 7) is 3.88. The first-order valence-electron chi connectivity index (χ1n) is 7.77. The number of anilines is 1. The number of aromatic nitrogens is 3. The minimum atomic E-state index is -0.161. The molecule has 0 saturated heterocycles. The molecule has 0 bridgehead atoms. The summed E-state index contributed by atoms with van der Waals surface area (Å²) in [6, 6.07) is 13.8. The van der Waals surface area contributed by atoms with Crippen LogP contribution in [0.3, 0.4) is 0 Å². The monoisotopic (exact) mass is 320 g/mol. The Morgan fingerprint density at radius 2 is 2.08 bits per heavy atom. The van der Waals surface area contributed by atoms with E-state index < -0.39 is 0 Å². The summed E-state index contributed by atoms with van der Waals surface area (Å²) in [5.74, 6) is 0.156. The summed E-state index contributed by atoms with van der Waals surface area (Å²) in [5, 5.41) is 0. The van der Waals surface area contributed by atoms with E-state index in [1.807, 2.05) is 18.3 Å². The fraction of sp³-hybridized carbons (Fsp3) is 0.158. The summed E-state index contributed by atoms with van der Waals surface area (Å²) in [5.41, 5.74) is 9.66. The van der Waals surface area contributed by atoms with Gasteiger partial charge >= 0.3 is 0 Å². The van der Waals surface area contributed by atoms with Gasteiger partial charge in [-0.05, 0) is 29.7 Å². The lowest BCUT2D eigenvalue weighted by atomic mass is 9.95. The van der Waals surface area contributed by atoms with Gasteiger partial charge in [0.2, 0.25) is 5.95 Å². The standard InChI is InChI=1S/C19H20N4O/c1-3-14(17-12-18(24)23(2)19(20)22-17)11-13-6-8-15(9-7-13)16-5-4-10-21-16/h3-10,12,14,21H,1,11H2,2H3,(H2,20,22)/t14-/m0/s1. The number of nitrogens with two attached hydrogens (primary N) is 1. The molecule has 3 aromatic rings. The molecule has 0 spiro atoms. The Hall–Kier alpha value is -3.08. The normalized spacial score (nSPS) is 12.0. The smallest absolute Gasteiger partial charge is 0.254 e. The average molecular weight is 320 g/mol. The number of benzene rings is 1. The molecule has 0 fully saturated rings. The van der Waals surface area contributed by atoms with E-state index in [0.29, 0.717) is 12.1 Å². The highest BCUT2D eigenvalue weighted by molar-refractivity contribution is 5.59. The van der Waals surface area contributed by atoms with Crippen molar-refractivity contribution in [3.63, 3.8) is 0 Å². The number of nitrogens with zero attached hydrogens (tertiary/aromatic N) is 2. The van der Waals surface area contributed by atoms with Gasteiger partial charge in [0, 0.05) is 30.9 Å². The van der Waals surface area contributed by atoms with E-state index >= 15 is 0 Å². The van der Waals surface area contributed by atoms with Crippen LogP contribution < -0.4 is 11.3 Å². The zero-order valence-corrected chi connectivity index (χ0v) is 13.6. The van der Waals surface area contributed by atoms with Crippen molar-refractivity contribution in [3.05, 3.63) is 82.9 Å². The number of H-pyrrole nitrogens is 1. The van der Waals surface area contributed by atoms with Crippen LogP contribution in [0.1, 0.15) is 17.2 Å². The molecular formula is C19H20N4O. The first-order valence-corrected chi connectivity index (χ1v) is 7.77. The molecule has 0 radical (unpaired) electrons. The third-order valence-electron chi connectivity index (χ3n) is 4.17. The second-order valence-electron chi connectivity index (χ2n) is 5.76. The maximum atomic E-state index is 11.9. The Morgan fingerprint density at radius 1 is 1.33 bits per heavy atom. The van der Waals surface area contributed by atoms with Crippen LogP contribution in [0.15, 0.2) is 66.1 Å². The zero-order valence-electron chi connectivity index (χ0n) is 13.6. The predicted molar refractivity (Wildman–Crippen MR) is 96.8 cm³/mol. The quantitative estimate of drug-likeness (QED) is 0.710. The van der Waals surface area contributed by atoms with E-state index in [1.165, 1.54) is 10.6 Å². The number of aromatic amines is 1. The third kappa shape index (κ3) is 3.15. The molecule has 3 N–H and O–H groups in total. The number of hydrogen-bond donors (Lipinski definition) is 2. The van der Waals surface area contributed by atoms with Gasteiger partial charge in [-0.25, -0.2) is 4.98 Å². The third-order valence-corrected chi connectivity index (χ3v) is 4.17. The molecule has 2 heterocycles. The molecule has 2 aromatic heterocycles. The molecule has 1 aromatic carbocycles. The van der Waals surface area contributed by atoms with E-state index in [9.17, 15) is 4.79 Å². The Morgan fingerprint density at radius 3 is 2.67 bits per heavy atom. The van der Waals surface area contributed by atoms with Gasteiger partial charge < -0.3 is 10.7 Å². The van der Waals surface area contributed by atoms with E-state index in [2.05, 4.69) is 40.8 Å². The molecule has 5 nitrogen and oxygen atoms in total. The van der Waals surface area contributed by atoms with E-state index in [1.54, 1.807) is 13.1 Å². The fourth-order valence-corrected chi connectivity index (χ4v) is 2.66. The van der Waals surface area contributed by atoms with Gasteiger partial charge in [0.05, 0.1) is 5.69 Å².